The van der Waals surface area contributed by atoms with Crippen LogP contribution >= 0.6 is 0 Å². The van der Waals surface area contributed by atoms with Crippen molar-refractivity contribution in [2.75, 3.05) is 16.6 Å². The Morgan fingerprint density at radius 2 is 1.70 bits per heavy atom. The van der Waals surface area contributed by atoms with E-state index in [0.717, 1.165) is 46.7 Å². The zero-order chi connectivity index (χ0) is 15.6. The molecule has 3 nitrogen and oxygen atoms in total. The van der Waals surface area contributed by atoms with Crippen molar-refractivity contribution in [3.05, 3.63) is 66.7 Å². The van der Waals surface area contributed by atoms with Crippen molar-refractivity contribution < 1.29 is 8.95 Å². The highest BCUT2D eigenvalue weighted by atomic mass is 32.2. The lowest BCUT2D eigenvalue weighted by Crippen LogP contribution is -2.19. The molecule has 1 fully saturated rings. The van der Waals surface area contributed by atoms with Crippen molar-refractivity contribution in [1.82, 2.24) is 0 Å². The molecular weight excluding hydrogens is 306 g/mol. The van der Waals surface area contributed by atoms with E-state index >= 15 is 0 Å². The molecule has 0 bridgehead atoms. The molecule has 1 aliphatic heterocycles. The normalized spacial score (nSPS) is 17.6. The molecule has 1 unspecified atom stereocenters. The fourth-order valence-corrected chi connectivity index (χ4v) is 4.17. The molecule has 23 heavy (non-hydrogen) atoms. The number of rotatable bonds is 3. The Labute approximate surface area is 138 Å². The zero-order valence-corrected chi connectivity index (χ0v) is 13.5. The van der Waals surface area contributed by atoms with Gasteiger partial charge in [-0.3, -0.25) is 4.31 Å². The second-order valence-corrected chi connectivity index (χ2v) is 7.05. The standard InChI is InChI=1S/C19H17NO2S/c21-23-14-4-13-20(23)16-9-11-17(12-10-16)22-19-8-3-6-15-5-1-2-7-18(15)19/h1-3,5-12H,4,13-14H2. The van der Waals surface area contributed by atoms with Gasteiger partial charge in [0.2, 0.25) is 0 Å². The zero-order valence-electron chi connectivity index (χ0n) is 12.6. The van der Waals surface area contributed by atoms with E-state index in [4.69, 9.17) is 4.74 Å². The molecule has 1 atom stereocenters. The summed E-state index contributed by atoms with van der Waals surface area (Å²) < 4.78 is 19.9. The van der Waals surface area contributed by atoms with Crippen LogP contribution in [0.5, 0.6) is 11.5 Å². The summed E-state index contributed by atoms with van der Waals surface area (Å²) in [4.78, 5) is 0. The summed E-state index contributed by atoms with van der Waals surface area (Å²) in [6.07, 6.45) is 0.987. The summed E-state index contributed by atoms with van der Waals surface area (Å²) in [5, 5.41) is 2.26. The Morgan fingerprint density at radius 1 is 0.913 bits per heavy atom. The molecule has 0 N–H and O–H groups in total. The van der Waals surface area contributed by atoms with Crippen molar-refractivity contribution in [2.45, 2.75) is 6.42 Å². The van der Waals surface area contributed by atoms with Crippen LogP contribution in [0.4, 0.5) is 5.69 Å². The molecule has 1 aliphatic rings. The van der Waals surface area contributed by atoms with E-state index in [-0.39, 0.29) is 0 Å². The summed E-state index contributed by atoms with van der Waals surface area (Å²) in [7, 11) is -0.882. The summed E-state index contributed by atoms with van der Waals surface area (Å²) in [5.41, 5.74) is 0.992. The summed E-state index contributed by atoms with van der Waals surface area (Å²) in [5.74, 6) is 2.39. The van der Waals surface area contributed by atoms with Crippen LogP contribution in [0.1, 0.15) is 6.42 Å². The number of nitrogens with zero attached hydrogens (tertiary/aromatic N) is 1. The van der Waals surface area contributed by atoms with Crippen LogP contribution in [0.3, 0.4) is 0 Å². The Kier molecular flexibility index (Phi) is 3.75. The van der Waals surface area contributed by atoms with Crippen molar-refractivity contribution in [2.24, 2.45) is 0 Å². The molecule has 0 amide bonds. The molecule has 4 rings (SSSR count). The highest BCUT2D eigenvalue weighted by Gasteiger charge is 2.20. The first kappa shape index (κ1) is 14.3. The Bertz CT molecular complexity index is 855. The number of hydrogen-bond donors (Lipinski definition) is 0. The molecule has 3 aromatic rings. The third-order valence-electron chi connectivity index (χ3n) is 4.03. The lowest BCUT2D eigenvalue weighted by molar-refractivity contribution is 0.488. The van der Waals surface area contributed by atoms with Gasteiger partial charge in [-0.25, -0.2) is 4.21 Å². The average Bonchev–Trinajstić information content (AvgIpc) is 3.02. The van der Waals surface area contributed by atoms with Gasteiger partial charge in [0.25, 0.3) is 0 Å². The molecular formula is C19H17NO2S. The lowest BCUT2D eigenvalue weighted by Gasteiger charge is -2.16. The molecule has 1 saturated heterocycles. The van der Waals surface area contributed by atoms with Crippen LogP contribution in [0.15, 0.2) is 66.7 Å². The van der Waals surface area contributed by atoms with E-state index in [1.165, 1.54) is 0 Å². The van der Waals surface area contributed by atoms with Crippen LogP contribution in [-0.4, -0.2) is 16.5 Å². The van der Waals surface area contributed by atoms with E-state index in [2.05, 4.69) is 18.2 Å². The second kappa shape index (κ2) is 6.05. The maximum atomic E-state index is 11.9. The molecule has 1 heterocycles. The second-order valence-electron chi connectivity index (χ2n) is 5.55. The van der Waals surface area contributed by atoms with Gasteiger partial charge in [0.1, 0.15) is 22.5 Å². The minimum atomic E-state index is -0.882. The van der Waals surface area contributed by atoms with Gasteiger partial charge in [-0.05, 0) is 42.1 Å². The van der Waals surface area contributed by atoms with Crippen LogP contribution in [0.2, 0.25) is 0 Å². The summed E-state index contributed by atoms with van der Waals surface area (Å²) >= 11 is 0. The smallest absolute Gasteiger partial charge is 0.135 e. The molecule has 0 aliphatic carbocycles. The average molecular weight is 323 g/mol. The van der Waals surface area contributed by atoms with Crippen molar-refractivity contribution >= 4 is 27.4 Å². The molecule has 0 saturated carbocycles. The van der Waals surface area contributed by atoms with Gasteiger partial charge in [0.15, 0.2) is 0 Å². The molecule has 4 heteroatoms. The fraction of sp³-hybridized carbons (Fsp3) is 0.158. The van der Waals surface area contributed by atoms with E-state index in [1.807, 2.05) is 52.8 Å². The minimum Gasteiger partial charge on any atom is -0.457 e. The largest absolute Gasteiger partial charge is 0.457 e. The van der Waals surface area contributed by atoms with Gasteiger partial charge in [0.05, 0.1) is 0 Å². The van der Waals surface area contributed by atoms with E-state index in [0.29, 0.717) is 0 Å². The Balaban J connectivity index is 1.60. The topological polar surface area (TPSA) is 29.5 Å². The van der Waals surface area contributed by atoms with Crippen LogP contribution in [0.25, 0.3) is 10.8 Å². The lowest BCUT2D eigenvalue weighted by atomic mass is 10.1. The Morgan fingerprint density at radius 3 is 2.48 bits per heavy atom. The van der Waals surface area contributed by atoms with E-state index in [1.54, 1.807) is 0 Å². The van der Waals surface area contributed by atoms with Crippen molar-refractivity contribution in [3.8, 4) is 11.5 Å². The van der Waals surface area contributed by atoms with Crippen molar-refractivity contribution in [1.29, 1.82) is 0 Å². The van der Waals surface area contributed by atoms with Gasteiger partial charge in [0, 0.05) is 23.4 Å². The number of hydrogen-bond acceptors (Lipinski definition) is 2. The predicted octanol–water partition coefficient (Wildman–Crippen LogP) is 4.51. The van der Waals surface area contributed by atoms with Gasteiger partial charge in [-0.2, -0.15) is 0 Å². The third kappa shape index (κ3) is 2.82. The van der Waals surface area contributed by atoms with Gasteiger partial charge in [-0.1, -0.05) is 36.4 Å². The SMILES string of the molecule is O=S1CCCN1c1ccc(Oc2cccc3ccccc23)cc1. The first-order chi connectivity index (χ1) is 11.3. The predicted molar refractivity (Wildman–Crippen MR) is 95.4 cm³/mol. The first-order valence-electron chi connectivity index (χ1n) is 7.73. The maximum absolute atomic E-state index is 11.9. The van der Waals surface area contributed by atoms with Crippen molar-refractivity contribution in [3.63, 3.8) is 0 Å². The first-order valence-corrected chi connectivity index (χ1v) is 9.00. The van der Waals surface area contributed by atoms with Gasteiger partial charge >= 0.3 is 0 Å². The summed E-state index contributed by atoms with van der Waals surface area (Å²) in [6, 6.07) is 22.1. The number of anilines is 1. The van der Waals surface area contributed by atoms with Crippen LogP contribution in [0, 0.1) is 0 Å². The number of benzene rings is 3. The molecule has 0 aromatic heterocycles. The van der Waals surface area contributed by atoms with Crippen LogP contribution < -0.4 is 9.04 Å². The highest BCUT2D eigenvalue weighted by Crippen LogP contribution is 2.31. The monoisotopic (exact) mass is 323 g/mol. The summed E-state index contributed by atoms with van der Waals surface area (Å²) in [6.45, 7) is 0.857. The molecule has 0 radical (unpaired) electrons. The molecule has 0 spiro atoms. The maximum Gasteiger partial charge on any atom is 0.135 e. The van der Waals surface area contributed by atoms with Gasteiger partial charge in [-0.15, -0.1) is 0 Å². The number of fused-ring (bicyclic) bond motifs is 1. The molecule has 3 aromatic carbocycles. The van der Waals surface area contributed by atoms with E-state index < -0.39 is 11.0 Å². The third-order valence-corrected chi connectivity index (χ3v) is 5.55. The molecule has 116 valence electrons. The fourth-order valence-electron chi connectivity index (χ4n) is 2.88. The van der Waals surface area contributed by atoms with E-state index in [9.17, 15) is 4.21 Å². The van der Waals surface area contributed by atoms with Crippen LogP contribution in [-0.2, 0) is 11.0 Å². The Hall–Kier alpha value is -2.33. The quantitative estimate of drug-likeness (QED) is 0.710. The minimum absolute atomic E-state index is 0.758. The van der Waals surface area contributed by atoms with Gasteiger partial charge < -0.3 is 4.74 Å². The number of ether oxygens (including phenoxy) is 1. The highest BCUT2D eigenvalue weighted by molar-refractivity contribution is 7.86.